The van der Waals surface area contributed by atoms with Gasteiger partial charge in [0.05, 0.1) is 5.88 Å². The molecular weight excluding hydrogens is 265 g/mol. The zero-order valence-corrected chi connectivity index (χ0v) is 12.1. The molecule has 0 N–H and O–H groups in total. The van der Waals surface area contributed by atoms with Crippen molar-refractivity contribution >= 4 is 11.6 Å². The summed E-state index contributed by atoms with van der Waals surface area (Å²) >= 11 is 5.89. The summed E-state index contributed by atoms with van der Waals surface area (Å²) in [5.41, 5.74) is 1.47. The lowest BCUT2D eigenvalue weighted by Crippen LogP contribution is -2.09. The van der Waals surface area contributed by atoms with E-state index in [1.54, 1.807) is 19.1 Å². The van der Waals surface area contributed by atoms with Gasteiger partial charge < -0.3 is 4.57 Å². The minimum absolute atomic E-state index is 0.212. The highest BCUT2D eigenvalue weighted by molar-refractivity contribution is 6.16. The third-order valence-electron chi connectivity index (χ3n) is 2.91. The summed E-state index contributed by atoms with van der Waals surface area (Å²) in [4.78, 5) is 0. The molecule has 1 heterocycles. The van der Waals surface area contributed by atoms with Crippen LogP contribution in [0, 0.1) is 18.7 Å². The maximum atomic E-state index is 13.3. The Labute approximate surface area is 117 Å². The zero-order valence-electron chi connectivity index (χ0n) is 11.3. The van der Waals surface area contributed by atoms with Crippen molar-refractivity contribution in [3.05, 3.63) is 35.4 Å². The molecule has 1 aromatic carbocycles. The average molecular weight is 282 g/mol. The van der Waals surface area contributed by atoms with Crippen LogP contribution >= 0.6 is 11.6 Å². The number of hydrogen-bond acceptors (Lipinski definition) is 2. The summed E-state index contributed by atoms with van der Waals surface area (Å²) in [7, 11) is 0. The Morgan fingerprint density at radius 3 is 2.63 bits per heavy atom. The van der Waals surface area contributed by atoms with Crippen molar-refractivity contribution in [2.75, 3.05) is 0 Å². The zero-order chi connectivity index (χ0) is 14.0. The normalized spacial score (nSPS) is 11.3. The Hall–Kier alpha value is -1.42. The molecule has 0 aliphatic carbocycles. The van der Waals surface area contributed by atoms with Crippen LogP contribution < -0.4 is 0 Å². The Bertz CT molecular complexity index is 578. The van der Waals surface area contributed by atoms with Crippen LogP contribution in [0.4, 0.5) is 4.39 Å². The average Bonchev–Trinajstić information content (AvgIpc) is 2.75. The molecular formula is C14H17ClFN3. The predicted octanol–water partition coefficient (Wildman–Crippen LogP) is 3.79. The maximum Gasteiger partial charge on any atom is 0.164 e. The SMILES string of the molecule is Cc1cc(-c2nnc(CCl)n2CC(C)C)ccc1F. The smallest absolute Gasteiger partial charge is 0.164 e. The highest BCUT2D eigenvalue weighted by atomic mass is 35.5. The molecule has 2 aromatic rings. The third-order valence-corrected chi connectivity index (χ3v) is 3.15. The molecule has 19 heavy (non-hydrogen) atoms. The number of nitrogens with zero attached hydrogens (tertiary/aromatic N) is 3. The van der Waals surface area contributed by atoms with Crippen LogP contribution in [0.25, 0.3) is 11.4 Å². The van der Waals surface area contributed by atoms with Gasteiger partial charge in [-0.05, 0) is 36.6 Å². The van der Waals surface area contributed by atoms with Crippen LogP contribution in [-0.2, 0) is 12.4 Å². The molecule has 2 rings (SSSR count). The van der Waals surface area contributed by atoms with Crippen LogP contribution in [0.2, 0.25) is 0 Å². The second kappa shape index (κ2) is 5.70. The van der Waals surface area contributed by atoms with Crippen LogP contribution in [0.1, 0.15) is 25.2 Å². The first-order valence-corrected chi connectivity index (χ1v) is 6.81. The van der Waals surface area contributed by atoms with Gasteiger partial charge in [-0.2, -0.15) is 0 Å². The standard InChI is InChI=1S/C14H17ClFN3/c1-9(2)8-19-13(7-15)17-18-14(19)11-4-5-12(16)10(3)6-11/h4-6,9H,7-8H2,1-3H3. The molecule has 0 amide bonds. The molecule has 0 spiro atoms. The van der Waals surface area contributed by atoms with Crippen molar-refractivity contribution in [3.63, 3.8) is 0 Å². The molecule has 0 saturated carbocycles. The number of hydrogen-bond donors (Lipinski definition) is 0. The monoisotopic (exact) mass is 281 g/mol. The molecule has 0 aliphatic rings. The first-order valence-electron chi connectivity index (χ1n) is 6.27. The minimum atomic E-state index is -0.212. The van der Waals surface area contributed by atoms with Crippen LogP contribution in [0.5, 0.6) is 0 Å². The molecule has 0 radical (unpaired) electrons. The topological polar surface area (TPSA) is 30.7 Å². The van der Waals surface area contributed by atoms with Crippen molar-refractivity contribution in [1.29, 1.82) is 0 Å². The van der Waals surface area contributed by atoms with E-state index in [2.05, 4.69) is 24.0 Å². The van der Waals surface area contributed by atoms with Gasteiger partial charge in [-0.25, -0.2) is 4.39 Å². The van der Waals surface area contributed by atoms with Gasteiger partial charge in [-0.3, -0.25) is 0 Å². The van der Waals surface area contributed by atoms with Gasteiger partial charge >= 0.3 is 0 Å². The fraction of sp³-hybridized carbons (Fsp3) is 0.429. The third kappa shape index (κ3) is 2.95. The summed E-state index contributed by atoms with van der Waals surface area (Å²) < 4.78 is 15.3. The van der Waals surface area contributed by atoms with Crippen LogP contribution in [0.3, 0.4) is 0 Å². The molecule has 102 valence electrons. The second-order valence-corrected chi connectivity index (χ2v) is 5.31. The quantitative estimate of drug-likeness (QED) is 0.799. The molecule has 0 atom stereocenters. The molecule has 0 aliphatic heterocycles. The fourth-order valence-corrected chi connectivity index (χ4v) is 2.19. The Morgan fingerprint density at radius 1 is 1.32 bits per heavy atom. The van der Waals surface area contributed by atoms with E-state index in [0.29, 0.717) is 17.4 Å². The minimum Gasteiger partial charge on any atom is -0.310 e. The van der Waals surface area contributed by atoms with E-state index in [9.17, 15) is 4.39 Å². The lowest BCUT2D eigenvalue weighted by Gasteiger charge is -2.12. The molecule has 3 nitrogen and oxygen atoms in total. The number of benzene rings is 1. The van der Waals surface area contributed by atoms with Gasteiger partial charge in [0.1, 0.15) is 11.6 Å². The number of aromatic nitrogens is 3. The van der Waals surface area contributed by atoms with Gasteiger partial charge in [0.15, 0.2) is 5.82 Å². The number of alkyl halides is 1. The molecule has 0 unspecified atom stereocenters. The molecule has 5 heteroatoms. The van der Waals surface area contributed by atoms with Crippen LogP contribution in [0.15, 0.2) is 18.2 Å². The van der Waals surface area contributed by atoms with Gasteiger partial charge in [0, 0.05) is 12.1 Å². The summed E-state index contributed by atoms with van der Waals surface area (Å²) in [5.74, 6) is 2.05. The molecule has 0 fully saturated rings. The van der Waals surface area contributed by atoms with E-state index in [0.717, 1.165) is 23.8 Å². The van der Waals surface area contributed by atoms with E-state index in [1.165, 1.54) is 6.07 Å². The largest absolute Gasteiger partial charge is 0.310 e. The van der Waals surface area contributed by atoms with Gasteiger partial charge in [-0.15, -0.1) is 21.8 Å². The van der Waals surface area contributed by atoms with Crippen LogP contribution in [-0.4, -0.2) is 14.8 Å². The number of aryl methyl sites for hydroxylation is 1. The van der Waals surface area contributed by atoms with E-state index in [1.807, 2.05) is 4.57 Å². The second-order valence-electron chi connectivity index (χ2n) is 5.04. The first kappa shape index (κ1) is 14.0. The lowest BCUT2D eigenvalue weighted by molar-refractivity contribution is 0.515. The summed E-state index contributed by atoms with van der Waals surface area (Å²) in [6.07, 6.45) is 0. The van der Waals surface area contributed by atoms with Gasteiger partial charge in [-0.1, -0.05) is 13.8 Å². The van der Waals surface area contributed by atoms with Crippen molar-refractivity contribution in [2.24, 2.45) is 5.92 Å². The molecule has 0 bridgehead atoms. The Morgan fingerprint density at radius 2 is 2.05 bits per heavy atom. The van der Waals surface area contributed by atoms with Crippen molar-refractivity contribution < 1.29 is 4.39 Å². The maximum absolute atomic E-state index is 13.3. The highest BCUT2D eigenvalue weighted by Crippen LogP contribution is 2.22. The lowest BCUT2D eigenvalue weighted by atomic mass is 10.1. The number of halogens is 2. The fourth-order valence-electron chi connectivity index (χ4n) is 1.99. The predicted molar refractivity (Wildman–Crippen MR) is 74.5 cm³/mol. The first-order chi connectivity index (χ1) is 9.02. The summed E-state index contributed by atoms with van der Waals surface area (Å²) in [5, 5.41) is 8.29. The van der Waals surface area contributed by atoms with Crippen molar-refractivity contribution in [1.82, 2.24) is 14.8 Å². The number of rotatable bonds is 4. The summed E-state index contributed by atoms with van der Waals surface area (Å²) in [6, 6.07) is 4.97. The van der Waals surface area contributed by atoms with Gasteiger partial charge in [0.25, 0.3) is 0 Å². The van der Waals surface area contributed by atoms with Crippen molar-refractivity contribution in [3.8, 4) is 11.4 Å². The summed E-state index contributed by atoms with van der Waals surface area (Å²) in [6.45, 7) is 6.78. The molecule has 0 saturated heterocycles. The van der Waals surface area contributed by atoms with Gasteiger partial charge in [0.2, 0.25) is 0 Å². The van der Waals surface area contributed by atoms with E-state index in [-0.39, 0.29) is 5.82 Å². The van der Waals surface area contributed by atoms with E-state index >= 15 is 0 Å². The van der Waals surface area contributed by atoms with E-state index < -0.39 is 0 Å². The highest BCUT2D eigenvalue weighted by Gasteiger charge is 2.14. The Kier molecular flexibility index (Phi) is 4.20. The molecule has 1 aromatic heterocycles. The van der Waals surface area contributed by atoms with E-state index in [4.69, 9.17) is 11.6 Å². The van der Waals surface area contributed by atoms with Crippen molar-refractivity contribution in [2.45, 2.75) is 33.2 Å². The Balaban J connectivity index is 2.48.